The van der Waals surface area contributed by atoms with Crippen molar-refractivity contribution in [3.8, 4) is 0 Å². The topological polar surface area (TPSA) is 38.7 Å². The molecule has 1 aliphatic carbocycles. The zero-order valence-corrected chi connectivity index (χ0v) is 11.9. The summed E-state index contributed by atoms with van der Waals surface area (Å²) in [4.78, 5) is 17.1. The third kappa shape index (κ3) is 3.19. The van der Waals surface area contributed by atoms with E-state index in [-0.39, 0.29) is 17.8 Å². The zero-order chi connectivity index (χ0) is 14.7. The van der Waals surface area contributed by atoms with Crippen molar-refractivity contribution in [1.29, 1.82) is 0 Å². The smallest absolute Gasteiger partial charge is 0.318 e. The minimum Gasteiger partial charge on any atom is -0.318 e. The van der Waals surface area contributed by atoms with Crippen LogP contribution in [0.1, 0.15) is 30.4 Å². The van der Waals surface area contributed by atoms with E-state index in [4.69, 9.17) is 4.84 Å². The fourth-order valence-electron chi connectivity index (χ4n) is 2.44. The van der Waals surface area contributed by atoms with Gasteiger partial charge in [-0.15, -0.1) is 0 Å². The van der Waals surface area contributed by atoms with Crippen molar-refractivity contribution >= 4 is 11.7 Å². The van der Waals surface area contributed by atoms with E-state index in [9.17, 15) is 4.79 Å². The number of carbonyl (C=O) groups excluding carboxylic acids is 1. The lowest BCUT2D eigenvalue weighted by atomic mass is 10.1. The highest BCUT2D eigenvalue weighted by Gasteiger charge is 2.45. The second-order valence-corrected chi connectivity index (χ2v) is 5.31. The molecule has 0 bridgehead atoms. The van der Waals surface area contributed by atoms with E-state index in [2.05, 4.69) is 17.3 Å². The minimum absolute atomic E-state index is 0.0558. The van der Waals surface area contributed by atoms with Crippen molar-refractivity contribution in [3.63, 3.8) is 0 Å². The minimum atomic E-state index is -0.237. The van der Waals surface area contributed by atoms with Gasteiger partial charge in [0.1, 0.15) is 0 Å². The van der Waals surface area contributed by atoms with Gasteiger partial charge in [-0.2, -0.15) is 0 Å². The Morgan fingerprint density at radius 3 is 2.33 bits per heavy atom. The number of oxime groups is 1. The number of rotatable bonds is 4. The second-order valence-electron chi connectivity index (χ2n) is 5.31. The van der Waals surface area contributed by atoms with Crippen LogP contribution in [0.15, 0.2) is 65.8 Å². The molecule has 0 unspecified atom stereocenters. The lowest BCUT2D eigenvalue weighted by Gasteiger charge is -2.01. The molecule has 0 radical (unpaired) electrons. The molecular weight excluding hydrogens is 262 g/mol. The quantitative estimate of drug-likeness (QED) is 0.485. The monoisotopic (exact) mass is 279 g/mol. The zero-order valence-electron chi connectivity index (χ0n) is 11.9. The van der Waals surface area contributed by atoms with Crippen LogP contribution < -0.4 is 0 Å². The van der Waals surface area contributed by atoms with Gasteiger partial charge in [-0.25, -0.2) is 4.79 Å². The van der Waals surface area contributed by atoms with Crippen molar-refractivity contribution in [2.75, 3.05) is 0 Å². The number of benzene rings is 2. The van der Waals surface area contributed by atoms with E-state index in [0.29, 0.717) is 5.71 Å². The number of carbonyl (C=O) groups is 1. The standard InChI is InChI=1S/C18H17NO2/c1-13(14-8-4-2-5-9-14)19-21-18(20)17-12-16(17)15-10-6-3-7-11-15/h2-11,16-17H,12H2,1H3/t16-,17+/m1/s1. The van der Waals surface area contributed by atoms with Gasteiger partial charge >= 0.3 is 5.97 Å². The normalized spacial score (nSPS) is 20.9. The Bertz CT molecular complexity index is 649. The van der Waals surface area contributed by atoms with Gasteiger partial charge in [0.15, 0.2) is 0 Å². The molecule has 1 aliphatic rings. The molecule has 0 heterocycles. The molecule has 1 saturated carbocycles. The first-order valence-corrected chi connectivity index (χ1v) is 7.11. The third-order valence-electron chi connectivity index (χ3n) is 3.79. The van der Waals surface area contributed by atoms with Crippen LogP contribution in [0.5, 0.6) is 0 Å². The van der Waals surface area contributed by atoms with Crippen molar-refractivity contribution in [1.82, 2.24) is 0 Å². The summed E-state index contributed by atoms with van der Waals surface area (Å²) in [5.41, 5.74) is 2.87. The molecular formula is C18H17NO2. The maximum absolute atomic E-state index is 12.0. The average molecular weight is 279 g/mol. The van der Waals surface area contributed by atoms with Crippen LogP contribution in [-0.4, -0.2) is 11.7 Å². The van der Waals surface area contributed by atoms with Crippen molar-refractivity contribution in [3.05, 3.63) is 71.8 Å². The van der Waals surface area contributed by atoms with E-state index in [0.717, 1.165) is 12.0 Å². The number of hydrogen-bond donors (Lipinski definition) is 0. The SMILES string of the molecule is CC(=NOC(=O)[C@H]1C[C@@H]1c1ccccc1)c1ccccc1. The lowest BCUT2D eigenvalue weighted by molar-refractivity contribution is -0.145. The van der Waals surface area contributed by atoms with Crippen LogP contribution in [0.2, 0.25) is 0 Å². The Kier molecular flexibility index (Phi) is 3.82. The van der Waals surface area contributed by atoms with Crippen molar-refractivity contribution in [2.24, 2.45) is 11.1 Å². The molecule has 3 rings (SSSR count). The Morgan fingerprint density at radius 1 is 1.05 bits per heavy atom. The van der Waals surface area contributed by atoms with Crippen molar-refractivity contribution < 1.29 is 9.63 Å². The summed E-state index contributed by atoms with van der Waals surface area (Å²) in [5, 5.41) is 3.95. The molecule has 3 nitrogen and oxygen atoms in total. The molecule has 2 aromatic rings. The molecule has 2 aromatic carbocycles. The fourth-order valence-corrected chi connectivity index (χ4v) is 2.44. The first-order valence-electron chi connectivity index (χ1n) is 7.11. The summed E-state index contributed by atoms with van der Waals surface area (Å²) in [6.07, 6.45) is 0.850. The summed E-state index contributed by atoms with van der Waals surface area (Å²) >= 11 is 0. The molecule has 0 aliphatic heterocycles. The van der Waals surface area contributed by atoms with Gasteiger partial charge < -0.3 is 4.84 Å². The van der Waals surface area contributed by atoms with Crippen LogP contribution in [0, 0.1) is 5.92 Å². The summed E-state index contributed by atoms with van der Waals surface area (Å²) < 4.78 is 0. The first kappa shape index (κ1) is 13.6. The highest BCUT2D eigenvalue weighted by atomic mass is 16.7. The van der Waals surface area contributed by atoms with Gasteiger partial charge in [0.25, 0.3) is 0 Å². The summed E-state index contributed by atoms with van der Waals surface area (Å²) in [5.74, 6) is -0.00945. The fraction of sp³-hybridized carbons (Fsp3) is 0.222. The molecule has 0 saturated heterocycles. The molecule has 0 spiro atoms. The van der Waals surface area contributed by atoms with E-state index in [1.54, 1.807) is 0 Å². The second kappa shape index (κ2) is 5.92. The number of nitrogens with zero attached hydrogens (tertiary/aromatic N) is 1. The highest BCUT2D eigenvalue weighted by Crippen LogP contribution is 2.48. The Hall–Kier alpha value is -2.42. The average Bonchev–Trinajstić information content (AvgIpc) is 3.35. The van der Waals surface area contributed by atoms with E-state index < -0.39 is 0 Å². The molecule has 3 heteroatoms. The van der Waals surface area contributed by atoms with Crippen LogP contribution in [0.4, 0.5) is 0 Å². The lowest BCUT2D eigenvalue weighted by Crippen LogP contribution is -2.06. The van der Waals surface area contributed by atoms with E-state index >= 15 is 0 Å². The van der Waals surface area contributed by atoms with Gasteiger partial charge in [-0.05, 0) is 30.4 Å². The molecule has 0 amide bonds. The predicted molar refractivity (Wildman–Crippen MR) is 82.0 cm³/mol. The van der Waals surface area contributed by atoms with Gasteiger partial charge in [0.05, 0.1) is 11.6 Å². The molecule has 0 N–H and O–H groups in total. The van der Waals surface area contributed by atoms with Crippen molar-refractivity contribution in [2.45, 2.75) is 19.3 Å². The summed E-state index contributed by atoms with van der Waals surface area (Å²) in [6.45, 7) is 1.84. The largest absolute Gasteiger partial charge is 0.338 e. The predicted octanol–water partition coefficient (Wildman–Crippen LogP) is 3.76. The van der Waals surface area contributed by atoms with Crippen LogP contribution >= 0.6 is 0 Å². The highest BCUT2D eigenvalue weighted by molar-refractivity contribution is 5.98. The van der Waals surface area contributed by atoms with Gasteiger partial charge in [-0.3, -0.25) is 0 Å². The first-order chi connectivity index (χ1) is 10.3. The van der Waals surface area contributed by atoms with E-state index in [1.807, 2.05) is 55.5 Å². The molecule has 21 heavy (non-hydrogen) atoms. The van der Waals surface area contributed by atoms with Gasteiger partial charge in [-0.1, -0.05) is 65.8 Å². The van der Waals surface area contributed by atoms with Crippen LogP contribution in [0.3, 0.4) is 0 Å². The Morgan fingerprint density at radius 2 is 1.67 bits per heavy atom. The third-order valence-corrected chi connectivity index (χ3v) is 3.79. The van der Waals surface area contributed by atoms with E-state index in [1.165, 1.54) is 5.56 Å². The Balaban J connectivity index is 1.59. The summed E-state index contributed by atoms with van der Waals surface area (Å²) in [7, 11) is 0. The van der Waals surface area contributed by atoms with Crippen LogP contribution in [0.25, 0.3) is 0 Å². The maximum Gasteiger partial charge on any atom is 0.338 e. The molecule has 2 atom stereocenters. The number of hydrogen-bond acceptors (Lipinski definition) is 3. The van der Waals surface area contributed by atoms with Crippen LogP contribution in [-0.2, 0) is 9.63 Å². The maximum atomic E-state index is 12.0. The van der Waals surface area contributed by atoms with Gasteiger partial charge in [0.2, 0.25) is 0 Å². The molecule has 1 fully saturated rings. The molecule has 0 aromatic heterocycles. The summed E-state index contributed by atoms with van der Waals surface area (Å²) in [6, 6.07) is 19.8. The molecule has 106 valence electrons. The Labute approximate surface area is 124 Å². The van der Waals surface area contributed by atoms with Gasteiger partial charge in [0, 0.05) is 0 Å².